The lowest BCUT2D eigenvalue weighted by molar-refractivity contribution is 0.0944. The number of ether oxygens (including phenoxy) is 1. The van der Waals surface area contributed by atoms with Crippen molar-refractivity contribution >= 4 is 29.9 Å². The fourth-order valence-corrected chi connectivity index (χ4v) is 3.49. The van der Waals surface area contributed by atoms with E-state index in [4.69, 9.17) is 9.73 Å². The van der Waals surface area contributed by atoms with Crippen LogP contribution < -0.4 is 10.6 Å². The first-order valence-corrected chi connectivity index (χ1v) is 11.2. The molecule has 1 aliphatic heterocycles. The van der Waals surface area contributed by atoms with Crippen molar-refractivity contribution in [3.63, 3.8) is 0 Å². The van der Waals surface area contributed by atoms with Crippen LogP contribution in [0.4, 0.5) is 0 Å². The first-order valence-electron chi connectivity index (χ1n) is 11.2. The highest BCUT2D eigenvalue weighted by Gasteiger charge is 2.20. The van der Waals surface area contributed by atoms with Crippen LogP contribution in [-0.2, 0) is 11.3 Å². The molecule has 0 saturated carbocycles. The second kappa shape index (κ2) is 15.8. The highest BCUT2D eigenvalue weighted by molar-refractivity contribution is 14.0. The number of guanidine groups is 1. The number of piperazine rings is 1. The van der Waals surface area contributed by atoms with E-state index in [0.29, 0.717) is 18.6 Å². The highest BCUT2D eigenvalue weighted by Crippen LogP contribution is 2.06. The van der Waals surface area contributed by atoms with Crippen molar-refractivity contribution in [2.75, 3.05) is 59.0 Å². The smallest absolute Gasteiger partial charge is 0.191 e. The van der Waals surface area contributed by atoms with E-state index in [1.807, 2.05) is 18.2 Å². The van der Waals surface area contributed by atoms with E-state index in [2.05, 4.69) is 60.3 Å². The summed E-state index contributed by atoms with van der Waals surface area (Å²) in [6.45, 7) is 18.6. The van der Waals surface area contributed by atoms with Gasteiger partial charge in [-0.3, -0.25) is 9.89 Å². The van der Waals surface area contributed by atoms with Crippen LogP contribution in [0.25, 0.3) is 0 Å². The quantitative estimate of drug-likeness (QED) is 0.261. The van der Waals surface area contributed by atoms with Gasteiger partial charge in [-0.1, -0.05) is 44.2 Å². The largest absolute Gasteiger partial charge is 0.376 e. The number of rotatable bonds is 11. The van der Waals surface area contributed by atoms with Gasteiger partial charge in [0.05, 0.1) is 13.2 Å². The summed E-state index contributed by atoms with van der Waals surface area (Å²) in [6, 6.07) is 10.8. The number of nitrogens with one attached hydrogen (secondary N) is 2. The molecule has 2 atom stereocenters. The van der Waals surface area contributed by atoms with Gasteiger partial charge in [0.2, 0.25) is 0 Å². The van der Waals surface area contributed by atoms with Gasteiger partial charge < -0.3 is 20.3 Å². The molecule has 30 heavy (non-hydrogen) atoms. The lowest BCUT2D eigenvalue weighted by atomic mass is 10.2. The molecule has 172 valence electrons. The Labute approximate surface area is 200 Å². The molecule has 1 aliphatic rings. The van der Waals surface area contributed by atoms with E-state index >= 15 is 0 Å². The Hall–Kier alpha value is -0.900. The number of benzene rings is 1. The third kappa shape index (κ3) is 10.4. The van der Waals surface area contributed by atoms with Gasteiger partial charge in [-0.25, -0.2) is 0 Å². The van der Waals surface area contributed by atoms with Gasteiger partial charge in [-0.15, -0.1) is 24.0 Å². The van der Waals surface area contributed by atoms with Crippen LogP contribution in [0.2, 0.25) is 0 Å². The normalized spacial score (nSPS) is 17.8. The van der Waals surface area contributed by atoms with E-state index in [9.17, 15) is 0 Å². The average molecular weight is 532 g/mol. The van der Waals surface area contributed by atoms with Gasteiger partial charge in [-0.05, 0) is 31.9 Å². The second-order valence-corrected chi connectivity index (χ2v) is 8.03. The molecule has 1 aromatic rings. The molecule has 1 fully saturated rings. The van der Waals surface area contributed by atoms with E-state index in [1.165, 1.54) is 18.7 Å². The van der Waals surface area contributed by atoms with Crippen LogP contribution in [0.3, 0.4) is 0 Å². The van der Waals surface area contributed by atoms with E-state index in [1.54, 1.807) is 0 Å². The van der Waals surface area contributed by atoms with Gasteiger partial charge in [0.25, 0.3) is 0 Å². The Morgan fingerprint density at radius 3 is 2.40 bits per heavy atom. The number of aliphatic imine (C=N–C) groups is 1. The maximum absolute atomic E-state index is 5.85. The molecule has 0 radical (unpaired) electrons. The fourth-order valence-electron chi connectivity index (χ4n) is 3.49. The lowest BCUT2D eigenvalue weighted by Gasteiger charge is -2.37. The Balaban J connectivity index is 0.00000450. The molecule has 7 heteroatoms. The lowest BCUT2D eigenvalue weighted by Crippen LogP contribution is -2.53. The molecular formula is C23H42IN5O. The first-order chi connectivity index (χ1) is 14.1. The SMILES string of the molecule is CCNC(=NCC(C)COCc1ccccc1)NCC(C)N1CCN(CC)CC1.I. The Kier molecular flexibility index (Phi) is 14.3. The van der Waals surface area contributed by atoms with E-state index in [0.717, 1.165) is 51.8 Å². The second-order valence-electron chi connectivity index (χ2n) is 8.03. The summed E-state index contributed by atoms with van der Waals surface area (Å²) in [6.07, 6.45) is 0. The van der Waals surface area contributed by atoms with Gasteiger partial charge in [0.1, 0.15) is 0 Å². The van der Waals surface area contributed by atoms with Crippen molar-refractivity contribution in [3.8, 4) is 0 Å². The third-order valence-electron chi connectivity index (χ3n) is 5.46. The summed E-state index contributed by atoms with van der Waals surface area (Å²) in [5.74, 6) is 1.29. The minimum absolute atomic E-state index is 0. The van der Waals surface area contributed by atoms with Crippen molar-refractivity contribution in [2.45, 2.75) is 40.3 Å². The molecule has 6 nitrogen and oxygen atoms in total. The van der Waals surface area contributed by atoms with Crippen LogP contribution in [0.5, 0.6) is 0 Å². The van der Waals surface area contributed by atoms with Crippen molar-refractivity contribution in [1.82, 2.24) is 20.4 Å². The summed E-state index contributed by atoms with van der Waals surface area (Å²) < 4.78 is 5.85. The minimum Gasteiger partial charge on any atom is -0.376 e. The summed E-state index contributed by atoms with van der Waals surface area (Å²) >= 11 is 0. The Morgan fingerprint density at radius 2 is 1.77 bits per heavy atom. The molecule has 2 N–H and O–H groups in total. The number of hydrogen-bond acceptors (Lipinski definition) is 4. The molecule has 1 saturated heterocycles. The zero-order valence-corrected chi connectivity index (χ0v) is 21.6. The zero-order valence-electron chi connectivity index (χ0n) is 19.3. The third-order valence-corrected chi connectivity index (χ3v) is 5.46. The Bertz CT molecular complexity index is 578. The molecule has 0 bridgehead atoms. The van der Waals surface area contributed by atoms with E-state index in [-0.39, 0.29) is 24.0 Å². The number of nitrogens with zero attached hydrogens (tertiary/aromatic N) is 3. The van der Waals surface area contributed by atoms with Crippen LogP contribution in [0, 0.1) is 5.92 Å². The summed E-state index contributed by atoms with van der Waals surface area (Å²) in [7, 11) is 0. The fraction of sp³-hybridized carbons (Fsp3) is 0.696. The molecule has 0 aromatic heterocycles. The summed E-state index contributed by atoms with van der Waals surface area (Å²) in [5.41, 5.74) is 1.21. The summed E-state index contributed by atoms with van der Waals surface area (Å²) in [4.78, 5) is 9.86. The maximum Gasteiger partial charge on any atom is 0.191 e. The van der Waals surface area contributed by atoms with Crippen LogP contribution in [0.1, 0.15) is 33.3 Å². The Morgan fingerprint density at radius 1 is 1.07 bits per heavy atom. The van der Waals surface area contributed by atoms with Crippen LogP contribution in [0.15, 0.2) is 35.3 Å². The number of likely N-dealkylation sites (N-methyl/N-ethyl adjacent to an activating group) is 1. The van der Waals surface area contributed by atoms with Gasteiger partial charge >= 0.3 is 0 Å². The molecule has 0 amide bonds. The van der Waals surface area contributed by atoms with Crippen molar-refractivity contribution in [1.29, 1.82) is 0 Å². The molecule has 1 heterocycles. The van der Waals surface area contributed by atoms with Gasteiger partial charge in [-0.2, -0.15) is 0 Å². The van der Waals surface area contributed by atoms with Crippen molar-refractivity contribution < 1.29 is 4.74 Å². The molecule has 1 aromatic carbocycles. The highest BCUT2D eigenvalue weighted by atomic mass is 127. The minimum atomic E-state index is 0. The monoisotopic (exact) mass is 531 g/mol. The predicted molar refractivity (Wildman–Crippen MR) is 138 cm³/mol. The first kappa shape index (κ1) is 27.1. The molecular weight excluding hydrogens is 489 g/mol. The topological polar surface area (TPSA) is 52.1 Å². The average Bonchev–Trinajstić information content (AvgIpc) is 2.76. The maximum atomic E-state index is 5.85. The van der Waals surface area contributed by atoms with Crippen molar-refractivity contribution in [3.05, 3.63) is 35.9 Å². The van der Waals surface area contributed by atoms with Crippen LogP contribution >= 0.6 is 24.0 Å². The molecule has 2 unspecified atom stereocenters. The predicted octanol–water partition coefficient (Wildman–Crippen LogP) is 3.04. The molecule has 0 aliphatic carbocycles. The van der Waals surface area contributed by atoms with Crippen LogP contribution in [-0.4, -0.2) is 80.8 Å². The number of halogens is 1. The van der Waals surface area contributed by atoms with Crippen molar-refractivity contribution in [2.24, 2.45) is 10.9 Å². The zero-order chi connectivity index (χ0) is 20.9. The van der Waals surface area contributed by atoms with Gasteiger partial charge in [0, 0.05) is 51.9 Å². The summed E-state index contributed by atoms with van der Waals surface area (Å²) in [5, 5.41) is 6.89. The molecule has 2 rings (SSSR count). The van der Waals surface area contributed by atoms with Gasteiger partial charge in [0.15, 0.2) is 5.96 Å². The number of hydrogen-bond donors (Lipinski definition) is 2. The standard InChI is InChI=1S/C23H41N5O.HI/c1-5-24-23(26-17-21(4)28-14-12-27(6-2)13-15-28)25-16-20(3)18-29-19-22-10-8-7-9-11-22;/h7-11,20-21H,5-6,12-19H2,1-4H3,(H2,24,25,26);1H. The molecule has 0 spiro atoms. The van der Waals surface area contributed by atoms with E-state index < -0.39 is 0 Å².